The van der Waals surface area contributed by atoms with Crippen LogP contribution < -0.4 is 5.73 Å². The summed E-state index contributed by atoms with van der Waals surface area (Å²) < 4.78 is 0. The van der Waals surface area contributed by atoms with E-state index in [4.69, 9.17) is 5.73 Å². The zero-order chi connectivity index (χ0) is 8.32. The van der Waals surface area contributed by atoms with Crippen LogP contribution in [0.4, 0.5) is 0 Å². The predicted octanol–water partition coefficient (Wildman–Crippen LogP) is 2.47. The fourth-order valence-corrected chi connectivity index (χ4v) is 2.00. The number of hydrogen-bond donors (Lipinski definition) is 1. The number of hydrogen-bond acceptors (Lipinski definition) is 1. The highest BCUT2D eigenvalue weighted by atomic mass is 14.5. The van der Waals surface area contributed by atoms with Gasteiger partial charge in [-0.2, -0.15) is 0 Å². The Hall–Kier alpha value is -0.300. The molecule has 0 amide bonds. The average molecular weight is 153 g/mol. The Balaban J connectivity index is 2.47. The first-order chi connectivity index (χ1) is 5.25. The molecule has 0 aliphatic heterocycles. The summed E-state index contributed by atoms with van der Waals surface area (Å²) in [7, 11) is 0. The van der Waals surface area contributed by atoms with Crippen LogP contribution in [0, 0.1) is 5.41 Å². The van der Waals surface area contributed by atoms with Gasteiger partial charge in [-0.1, -0.05) is 25.5 Å². The fourth-order valence-electron chi connectivity index (χ4n) is 2.00. The Morgan fingerprint density at radius 3 is 2.45 bits per heavy atom. The molecule has 1 rings (SSSR count). The highest BCUT2D eigenvalue weighted by molar-refractivity contribution is 5.14. The molecule has 0 atom stereocenters. The maximum Gasteiger partial charge on any atom is -0.00398 e. The van der Waals surface area contributed by atoms with E-state index < -0.39 is 0 Å². The maximum absolute atomic E-state index is 5.50. The molecular formula is C10H19N. The molecule has 11 heavy (non-hydrogen) atoms. The Labute approximate surface area is 69.7 Å². The van der Waals surface area contributed by atoms with Crippen LogP contribution in [0.5, 0.6) is 0 Å². The smallest absolute Gasteiger partial charge is 0.00398 e. The van der Waals surface area contributed by atoms with Gasteiger partial charge < -0.3 is 5.73 Å². The van der Waals surface area contributed by atoms with E-state index in [-0.39, 0.29) is 0 Å². The molecule has 0 bridgehead atoms. The zero-order valence-corrected chi connectivity index (χ0v) is 7.53. The van der Waals surface area contributed by atoms with Crippen molar-refractivity contribution in [2.45, 2.75) is 39.0 Å². The summed E-state index contributed by atoms with van der Waals surface area (Å²) >= 11 is 0. The highest BCUT2D eigenvalue weighted by Gasteiger charge is 2.36. The van der Waals surface area contributed by atoms with Crippen molar-refractivity contribution >= 4 is 0 Å². The summed E-state index contributed by atoms with van der Waals surface area (Å²) in [4.78, 5) is 0. The van der Waals surface area contributed by atoms with Gasteiger partial charge in [-0.15, -0.1) is 0 Å². The van der Waals surface area contributed by atoms with Gasteiger partial charge in [-0.3, -0.25) is 0 Å². The normalized spacial score (nSPS) is 20.9. The van der Waals surface area contributed by atoms with Crippen molar-refractivity contribution in [1.29, 1.82) is 0 Å². The summed E-state index contributed by atoms with van der Waals surface area (Å²) in [6.07, 6.45) is 6.36. The molecule has 1 aliphatic carbocycles. The molecule has 1 nitrogen and oxygen atoms in total. The van der Waals surface area contributed by atoms with E-state index in [9.17, 15) is 0 Å². The van der Waals surface area contributed by atoms with Crippen LogP contribution in [-0.2, 0) is 0 Å². The van der Waals surface area contributed by atoms with Gasteiger partial charge in [0, 0.05) is 0 Å². The minimum absolute atomic E-state index is 0.499. The molecule has 0 aromatic heterocycles. The van der Waals surface area contributed by atoms with Crippen molar-refractivity contribution in [2.24, 2.45) is 11.1 Å². The molecule has 0 radical (unpaired) electrons. The number of rotatable bonds is 4. The Kier molecular flexibility index (Phi) is 2.72. The van der Waals surface area contributed by atoms with Crippen LogP contribution in [0.25, 0.3) is 0 Å². The monoisotopic (exact) mass is 153 g/mol. The minimum atomic E-state index is 0.499. The summed E-state index contributed by atoms with van der Waals surface area (Å²) in [5.74, 6) is 0. The van der Waals surface area contributed by atoms with Gasteiger partial charge in [0.15, 0.2) is 0 Å². The molecule has 0 unspecified atom stereocenters. The molecule has 0 heterocycles. The highest BCUT2D eigenvalue weighted by Crippen LogP contribution is 2.49. The van der Waals surface area contributed by atoms with Gasteiger partial charge in [-0.05, 0) is 37.6 Å². The standard InChI is InChI=1S/C10H19N/c1-3-10(6-4-7-10)9(2)5-8-11/h2-8,11H2,1H3. The first kappa shape index (κ1) is 8.79. The molecule has 64 valence electrons. The van der Waals surface area contributed by atoms with E-state index in [1.54, 1.807) is 0 Å². The molecule has 1 fully saturated rings. The van der Waals surface area contributed by atoms with E-state index >= 15 is 0 Å². The van der Waals surface area contributed by atoms with Gasteiger partial charge in [0.2, 0.25) is 0 Å². The molecule has 1 aliphatic rings. The lowest BCUT2D eigenvalue weighted by Crippen LogP contribution is -2.31. The topological polar surface area (TPSA) is 26.0 Å². The van der Waals surface area contributed by atoms with E-state index in [1.165, 1.54) is 31.3 Å². The van der Waals surface area contributed by atoms with Crippen molar-refractivity contribution in [3.05, 3.63) is 12.2 Å². The largest absolute Gasteiger partial charge is 0.330 e. The van der Waals surface area contributed by atoms with Gasteiger partial charge in [0.25, 0.3) is 0 Å². The third-order valence-corrected chi connectivity index (χ3v) is 3.18. The molecule has 1 heteroatoms. The van der Waals surface area contributed by atoms with Crippen LogP contribution in [0.1, 0.15) is 39.0 Å². The second-order valence-electron chi connectivity index (χ2n) is 3.63. The summed E-state index contributed by atoms with van der Waals surface area (Å²) in [6, 6.07) is 0. The van der Waals surface area contributed by atoms with Gasteiger partial charge in [0.1, 0.15) is 0 Å². The Bertz CT molecular complexity index is 139. The van der Waals surface area contributed by atoms with Crippen LogP contribution in [0.3, 0.4) is 0 Å². The Morgan fingerprint density at radius 2 is 2.18 bits per heavy atom. The summed E-state index contributed by atoms with van der Waals surface area (Å²) in [6.45, 7) is 7.16. The van der Waals surface area contributed by atoms with E-state index in [0.29, 0.717) is 5.41 Å². The third-order valence-electron chi connectivity index (χ3n) is 3.18. The van der Waals surface area contributed by atoms with Crippen LogP contribution in [0.15, 0.2) is 12.2 Å². The van der Waals surface area contributed by atoms with E-state index in [0.717, 1.165) is 13.0 Å². The number of nitrogens with two attached hydrogens (primary N) is 1. The quantitative estimate of drug-likeness (QED) is 0.617. The van der Waals surface area contributed by atoms with Crippen molar-refractivity contribution in [3.63, 3.8) is 0 Å². The molecular weight excluding hydrogens is 134 g/mol. The summed E-state index contributed by atoms with van der Waals surface area (Å²) in [5, 5.41) is 0. The van der Waals surface area contributed by atoms with Crippen molar-refractivity contribution in [3.8, 4) is 0 Å². The molecule has 0 aromatic rings. The minimum Gasteiger partial charge on any atom is -0.330 e. The lowest BCUT2D eigenvalue weighted by atomic mass is 9.62. The van der Waals surface area contributed by atoms with Crippen LogP contribution >= 0.6 is 0 Å². The lowest BCUT2D eigenvalue weighted by Gasteiger charge is -2.43. The van der Waals surface area contributed by atoms with E-state index in [1.807, 2.05) is 0 Å². The molecule has 0 saturated heterocycles. The first-order valence-corrected chi connectivity index (χ1v) is 4.63. The van der Waals surface area contributed by atoms with Crippen molar-refractivity contribution in [2.75, 3.05) is 6.54 Å². The first-order valence-electron chi connectivity index (χ1n) is 4.63. The zero-order valence-electron chi connectivity index (χ0n) is 7.53. The van der Waals surface area contributed by atoms with Gasteiger partial charge in [0.05, 0.1) is 0 Å². The van der Waals surface area contributed by atoms with Gasteiger partial charge >= 0.3 is 0 Å². The third kappa shape index (κ3) is 1.48. The summed E-state index contributed by atoms with van der Waals surface area (Å²) in [5.41, 5.74) is 7.40. The van der Waals surface area contributed by atoms with Crippen LogP contribution in [-0.4, -0.2) is 6.54 Å². The maximum atomic E-state index is 5.50. The second-order valence-corrected chi connectivity index (χ2v) is 3.63. The molecule has 2 N–H and O–H groups in total. The molecule has 1 saturated carbocycles. The van der Waals surface area contributed by atoms with Crippen molar-refractivity contribution in [1.82, 2.24) is 0 Å². The van der Waals surface area contributed by atoms with E-state index in [2.05, 4.69) is 13.5 Å². The van der Waals surface area contributed by atoms with Crippen molar-refractivity contribution < 1.29 is 0 Å². The van der Waals surface area contributed by atoms with Gasteiger partial charge in [-0.25, -0.2) is 0 Å². The van der Waals surface area contributed by atoms with Crippen LogP contribution in [0.2, 0.25) is 0 Å². The Morgan fingerprint density at radius 1 is 1.55 bits per heavy atom. The average Bonchev–Trinajstić information content (AvgIpc) is 1.87. The molecule has 0 spiro atoms. The predicted molar refractivity (Wildman–Crippen MR) is 49.4 cm³/mol. The SMILES string of the molecule is C=C(CCN)C1(CC)CCC1. The lowest BCUT2D eigenvalue weighted by molar-refractivity contribution is 0.174. The fraction of sp³-hybridized carbons (Fsp3) is 0.800. The molecule has 0 aromatic carbocycles. The second kappa shape index (κ2) is 3.40.